The van der Waals surface area contributed by atoms with Gasteiger partial charge in [-0.25, -0.2) is 4.79 Å². The predicted molar refractivity (Wildman–Crippen MR) is 77.5 cm³/mol. The molecule has 0 fully saturated rings. The third kappa shape index (κ3) is 3.59. The summed E-state index contributed by atoms with van der Waals surface area (Å²) in [5, 5.41) is 8.93. The van der Waals surface area contributed by atoms with Crippen LogP contribution in [0.15, 0.2) is 30.3 Å². The lowest BCUT2D eigenvalue weighted by Crippen LogP contribution is -1.95. The van der Waals surface area contributed by atoms with Crippen molar-refractivity contribution in [1.29, 1.82) is 0 Å². The molecule has 1 aromatic carbocycles. The predicted octanol–water partition coefficient (Wildman–Crippen LogP) is 3.48. The first-order chi connectivity index (χ1) is 9.60. The molecule has 0 aliphatic carbocycles. The topological polar surface area (TPSA) is 55.8 Å². The average molecular weight is 292 g/mol. The number of methoxy groups -OCH3 is 1. The summed E-state index contributed by atoms with van der Waals surface area (Å²) in [7, 11) is 1.63. The van der Waals surface area contributed by atoms with Crippen LogP contribution < -0.4 is 4.74 Å². The van der Waals surface area contributed by atoms with Gasteiger partial charge in [0.2, 0.25) is 0 Å². The van der Waals surface area contributed by atoms with Crippen molar-refractivity contribution in [2.75, 3.05) is 7.11 Å². The standard InChI is InChI=1S/C15H16O4S/c1-10-12(7-14(20-10)15(16)17)9-19-8-11-3-5-13(18-2)6-4-11/h3-7H,8-9H2,1-2H3,(H,16,17). The number of aryl methyl sites for hydroxylation is 1. The summed E-state index contributed by atoms with van der Waals surface area (Å²) >= 11 is 1.28. The number of thiophene rings is 1. The number of carbonyl (C=O) groups is 1. The average Bonchev–Trinajstić information content (AvgIpc) is 2.81. The molecule has 0 radical (unpaired) electrons. The largest absolute Gasteiger partial charge is 0.497 e. The number of ether oxygens (including phenoxy) is 2. The van der Waals surface area contributed by atoms with Crippen LogP contribution in [0.5, 0.6) is 5.75 Å². The summed E-state index contributed by atoms with van der Waals surface area (Å²) in [5.74, 6) is -0.0759. The van der Waals surface area contributed by atoms with Crippen LogP contribution in [-0.2, 0) is 18.0 Å². The number of rotatable bonds is 6. The highest BCUT2D eigenvalue weighted by Gasteiger charge is 2.10. The van der Waals surface area contributed by atoms with Gasteiger partial charge in [-0.2, -0.15) is 0 Å². The highest BCUT2D eigenvalue weighted by atomic mass is 32.1. The van der Waals surface area contributed by atoms with E-state index in [-0.39, 0.29) is 0 Å². The molecule has 1 N–H and O–H groups in total. The summed E-state index contributed by atoms with van der Waals surface area (Å²) in [6, 6.07) is 9.34. The molecule has 0 spiro atoms. The molecule has 2 aromatic rings. The van der Waals surface area contributed by atoms with E-state index in [9.17, 15) is 4.79 Å². The monoisotopic (exact) mass is 292 g/mol. The van der Waals surface area contributed by atoms with Crippen LogP contribution in [0.25, 0.3) is 0 Å². The van der Waals surface area contributed by atoms with E-state index in [0.717, 1.165) is 21.8 Å². The molecule has 2 rings (SSSR count). The van der Waals surface area contributed by atoms with E-state index in [1.807, 2.05) is 31.2 Å². The number of carboxylic acid groups (broad SMARTS) is 1. The molecule has 4 nitrogen and oxygen atoms in total. The maximum atomic E-state index is 10.9. The molecule has 0 aliphatic rings. The van der Waals surface area contributed by atoms with Gasteiger partial charge in [0.15, 0.2) is 0 Å². The smallest absolute Gasteiger partial charge is 0.345 e. The van der Waals surface area contributed by atoms with E-state index in [2.05, 4.69) is 0 Å². The van der Waals surface area contributed by atoms with Gasteiger partial charge in [-0.3, -0.25) is 0 Å². The van der Waals surface area contributed by atoms with Crippen molar-refractivity contribution >= 4 is 17.3 Å². The Bertz CT molecular complexity index is 586. The number of benzene rings is 1. The van der Waals surface area contributed by atoms with Gasteiger partial charge in [-0.1, -0.05) is 12.1 Å². The summed E-state index contributed by atoms with van der Waals surface area (Å²) < 4.78 is 10.7. The fourth-order valence-electron chi connectivity index (χ4n) is 1.77. The number of hydrogen-bond acceptors (Lipinski definition) is 4. The Labute approximate surface area is 121 Å². The molecule has 106 valence electrons. The molecule has 1 aromatic heterocycles. The number of carboxylic acids is 1. The van der Waals surface area contributed by atoms with Gasteiger partial charge in [0, 0.05) is 4.88 Å². The second-order valence-corrected chi connectivity index (χ2v) is 5.59. The fraction of sp³-hybridized carbons (Fsp3) is 0.267. The maximum Gasteiger partial charge on any atom is 0.345 e. The quantitative estimate of drug-likeness (QED) is 0.885. The maximum absolute atomic E-state index is 10.9. The Kier molecular flexibility index (Phi) is 4.76. The summed E-state index contributed by atoms with van der Waals surface area (Å²) in [6.45, 7) is 2.81. The molecule has 0 atom stereocenters. The molecule has 0 amide bonds. The SMILES string of the molecule is COc1ccc(COCc2cc(C(=O)O)sc2C)cc1. The lowest BCUT2D eigenvalue weighted by atomic mass is 10.2. The first-order valence-corrected chi connectivity index (χ1v) is 6.95. The van der Waals surface area contributed by atoms with Crippen molar-refractivity contribution < 1.29 is 19.4 Å². The summed E-state index contributed by atoms with van der Waals surface area (Å²) in [5.41, 5.74) is 1.98. The van der Waals surface area contributed by atoms with E-state index >= 15 is 0 Å². The van der Waals surface area contributed by atoms with Crippen LogP contribution in [0, 0.1) is 6.92 Å². The zero-order valence-electron chi connectivity index (χ0n) is 11.4. The fourth-order valence-corrected chi connectivity index (χ4v) is 2.64. The highest BCUT2D eigenvalue weighted by Crippen LogP contribution is 2.22. The van der Waals surface area contributed by atoms with Gasteiger partial charge in [-0.05, 0) is 36.2 Å². The Morgan fingerprint density at radius 2 is 1.95 bits per heavy atom. The van der Waals surface area contributed by atoms with Crippen molar-refractivity contribution in [2.45, 2.75) is 20.1 Å². The van der Waals surface area contributed by atoms with Crippen LogP contribution in [0.4, 0.5) is 0 Å². The molecule has 1 heterocycles. The molecule has 20 heavy (non-hydrogen) atoms. The summed E-state index contributed by atoms with van der Waals surface area (Å²) in [6.07, 6.45) is 0. The minimum absolute atomic E-state index is 0.352. The molecular formula is C15H16O4S. The van der Waals surface area contributed by atoms with Crippen molar-refractivity contribution in [1.82, 2.24) is 0 Å². The van der Waals surface area contributed by atoms with E-state index in [0.29, 0.717) is 18.1 Å². The van der Waals surface area contributed by atoms with Gasteiger partial charge in [0.1, 0.15) is 10.6 Å². The van der Waals surface area contributed by atoms with Crippen LogP contribution >= 0.6 is 11.3 Å². The van der Waals surface area contributed by atoms with E-state index in [1.54, 1.807) is 13.2 Å². The minimum atomic E-state index is -0.889. The highest BCUT2D eigenvalue weighted by molar-refractivity contribution is 7.14. The molecular weight excluding hydrogens is 276 g/mol. The molecule has 5 heteroatoms. The van der Waals surface area contributed by atoms with Gasteiger partial charge >= 0.3 is 5.97 Å². The normalized spacial score (nSPS) is 10.5. The zero-order valence-corrected chi connectivity index (χ0v) is 12.2. The molecule has 0 bridgehead atoms. The molecule has 0 saturated heterocycles. The minimum Gasteiger partial charge on any atom is -0.497 e. The van der Waals surface area contributed by atoms with E-state index in [1.165, 1.54) is 11.3 Å². The van der Waals surface area contributed by atoms with E-state index in [4.69, 9.17) is 14.6 Å². The van der Waals surface area contributed by atoms with Crippen molar-refractivity contribution in [2.24, 2.45) is 0 Å². The summed E-state index contributed by atoms with van der Waals surface area (Å²) in [4.78, 5) is 12.2. The third-order valence-electron chi connectivity index (χ3n) is 2.92. The molecule has 0 aliphatic heterocycles. The van der Waals surface area contributed by atoms with Gasteiger partial charge in [-0.15, -0.1) is 11.3 Å². The van der Waals surface area contributed by atoms with Gasteiger partial charge in [0.25, 0.3) is 0 Å². The number of aromatic carboxylic acids is 1. The lowest BCUT2D eigenvalue weighted by Gasteiger charge is -2.05. The van der Waals surface area contributed by atoms with Crippen molar-refractivity contribution in [3.63, 3.8) is 0 Å². The second-order valence-electron chi connectivity index (χ2n) is 4.34. The van der Waals surface area contributed by atoms with Crippen molar-refractivity contribution in [3.8, 4) is 5.75 Å². The van der Waals surface area contributed by atoms with Crippen LogP contribution in [0.3, 0.4) is 0 Å². The Hall–Kier alpha value is -1.85. The van der Waals surface area contributed by atoms with Crippen LogP contribution in [0.2, 0.25) is 0 Å². The van der Waals surface area contributed by atoms with Crippen molar-refractivity contribution in [3.05, 3.63) is 51.2 Å². The number of hydrogen-bond donors (Lipinski definition) is 1. The Balaban J connectivity index is 1.90. The van der Waals surface area contributed by atoms with Gasteiger partial charge in [0.05, 0.1) is 20.3 Å². The van der Waals surface area contributed by atoms with Gasteiger partial charge < -0.3 is 14.6 Å². The van der Waals surface area contributed by atoms with Crippen LogP contribution in [-0.4, -0.2) is 18.2 Å². The third-order valence-corrected chi connectivity index (χ3v) is 4.00. The Morgan fingerprint density at radius 1 is 1.25 bits per heavy atom. The first kappa shape index (κ1) is 14.6. The second kappa shape index (κ2) is 6.54. The van der Waals surface area contributed by atoms with E-state index < -0.39 is 5.97 Å². The lowest BCUT2D eigenvalue weighted by molar-refractivity contribution is 0.0701. The Morgan fingerprint density at radius 3 is 2.50 bits per heavy atom. The first-order valence-electron chi connectivity index (χ1n) is 6.13. The molecule has 0 unspecified atom stereocenters. The van der Waals surface area contributed by atoms with Crippen LogP contribution in [0.1, 0.15) is 25.7 Å². The molecule has 0 saturated carbocycles. The zero-order chi connectivity index (χ0) is 14.5.